The number of benzene rings is 2. The van der Waals surface area contributed by atoms with Gasteiger partial charge in [0, 0.05) is 57.2 Å². The fraction of sp³-hybridized carbons (Fsp3) is 0.355. The fourth-order valence-electron chi connectivity index (χ4n) is 4.48. The zero-order valence-electron chi connectivity index (χ0n) is 23.6. The number of amides is 2. The Balaban J connectivity index is 1.31. The summed E-state index contributed by atoms with van der Waals surface area (Å²) < 4.78 is 11.2. The van der Waals surface area contributed by atoms with Crippen LogP contribution in [-0.2, 0) is 11.3 Å². The summed E-state index contributed by atoms with van der Waals surface area (Å²) in [5, 5.41) is 9.04. The molecule has 1 aromatic heterocycles. The maximum absolute atomic E-state index is 13.1. The van der Waals surface area contributed by atoms with Crippen molar-refractivity contribution in [1.82, 2.24) is 14.8 Å². The van der Waals surface area contributed by atoms with E-state index in [1.54, 1.807) is 53.2 Å². The van der Waals surface area contributed by atoms with E-state index in [4.69, 9.17) is 14.7 Å². The van der Waals surface area contributed by atoms with Crippen LogP contribution < -0.4 is 9.64 Å². The zero-order chi connectivity index (χ0) is 28.9. The van der Waals surface area contributed by atoms with Gasteiger partial charge >= 0.3 is 6.09 Å². The summed E-state index contributed by atoms with van der Waals surface area (Å²) in [7, 11) is 1.73. The van der Waals surface area contributed by atoms with Crippen molar-refractivity contribution in [1.29, 1.82) is 5.26 Å². The predicted molar refractivity (Wildman–Crippen MR) is 152 cm³/mol. The SMILES string of the molecule is C[C@H]1CN(Cc2ccc(N(C)C(=O)c3ccc(Oc4cccc(C#N)c4)nc3)cc2)CCN1C(=O)OC(C)(C)C. The minimum absolute atomic E-state index is 0.0553. The van der Waals surface area contributed by atoms with E-state index in [2.05, 4.69) is 16.0 Å². The van der Waals surface area contributed by atoms with Crippen LogP contribution in [0, 0.1) is 11.3 Å². The third kappa shape index (κ3) is 7.36. The molecule has 1 saturated heterocycles. The van der Waals surface area contributed by atoms with Gasteiger partial charge in [-0.15, -0.1) is 0 Å². The van der Waals surface area contributed by atoms with Crippen molar-refractivity contribution < 1.29 is 19.1 Å². The molecule has 1 fully saturated rings. The number of anilines is 1. The lowest BCUT2D eigenvalue weighted by atomic mass is 10.1. The van der Waals surface area contributed by atoms with Crippen LogP contribution in [-0.4, -0.2) is 65.1 Å². The van der Waals surface area contributed by atoms with Crippen molar-refractivity contribution in [2.45, 2.75) is 45.9 Å². The highest BCUT2D eigenvalue weighted by molar-refractivity contribution is 6.05. The van der Waals surface area contributed by atoms with Crippen LogP contribution in [0.3, 0.4) is 0 Å². The molecule has 1 aliphatic heterocycles. The number of carbonyl (C=O) groups is 2. The summed E-state index contributed by atoms with van der Waals surface area (Å²) in [6, 6.07) is 20.1. The Kier molecular flexibility index (Phi) is 8.70. The molecular formula is C31H35N5O4. The lowest BCUT2D eigenvalue weighted by Crippen LogP contribution is -2.54. The van der Waals surface area contributed by atoms with E-state index in [9.17, 15) is 9.59 Å². The maximum Gasteiger partial charge on any atom is 0.410 e. The Bertz CT molecular complexity index is 1380. The molecule has 40 heavy (non-hydrogen) atoms. The molecule has 0 unspecified atom stereocenters. The second kappa shape index (κ2) is 12.2. The van der Waals surface area contributed by atoms with Gasteiger partial charge in [0.15, 0.2) is 0 Å². The Morgan fingerprint density at radius 2 is 1.85 bits per heavy atom. The van der Waals surface area contributed by atoms with E-state index < -0.39 is 5.60 Å². The second-order valence-electron chi connectivity index (χ2n) is 10.9. The maximum atomic E-state index is 13.1. The average molecular weight is 542 g/mol. The highest BCUT2D eigenvalue weighted by Crippen LogP contribution is 2.23. The third-order valence-corrected chi connectivity index (χ3v) is 6.54. The predicted octanol–water partition coefficient (Wildman–Crippen LogP) is 5.46. The molecule has 2 amide bonds. The number of hydrogen-bond acceptors (Lipinski definition) is 7. The molecular weight excluding hydrogens is 506 g/mol. The average Bonchev–Trinajstić information content (AvgIpc) is 2.92. The Morgan fingerprint density at radius 1 is 1.10 bits per heavy atom. The van der Waals surface area contributed by atoms with Crippen molar-refractivity contribution >= 4 is 17.7 Å². The van der Waals surface area contributed by atoms with Crippen molar-refractivity contribution in [2.24, 2.45) is 0 Å². The number of aromatic nitrogens is 1. The van der Waals surface area contributed by atoms with Crippen LogP contribution in [0.1, 0.15) is 49.2 Å². The molecule has 1 aliphatic rings. The second-order valence-corrected chi connectivity index (χ2v) is 10.9. The summed E-state index contributed by atoms with van der Waals surface area (Å²) in [6.45, 7) is 10.6. The van der Waals surface area contributed by atoms with Crippen molar-refractivity contribution in [3.05, 3.63) is 83.6 Å². The molecule has 9 nitrogen and oxygen atoms in total. The minimum Gasteiger partial charge on any atom is -0.444 e. The first-order valence-corrected chi connectivity index (χ1v) is 13.3. The van der Waals surface area contributed by atoms with Gasteiger partial charge in [-0.1, -0.05) is 18.2 Å². The Hall–Kier alpha value is -4.42. The van der Waals surface area contributed by atoms with E-state index in [1.165, 1.54) is 6.20 Å². The molecule has 9 heteroatoms. The van der Waals surface area contributed by atoms with Gasteiger partial charge in [0.05, 0.1) is 17.2 Å². The number of hydrogen-bond donors (Lipinski definition) is 0. The molecule has 0 bridgehead atoms. The number of pyridine rings is 1. The monoisotopic (exact) mass is 541 g/mol. The molecule has 0 radical (unpaired) electrons. The number of nitrogens with zero attached hydrogens (tertiary/aromatic N) is 5. The summed E-state index contributed by atoms with van der Waals surface area (Å²) in [4.78, 5) is 35.5. The zero-order valence-corrected chi connectivity index (χ0v) is 23.6. The van der Waals surface area contributed by atoms with Gasteiger partial charge < -0.3 is 19.3 Å². The first-order chi connectivity index (χ1) is 19.0. The highest BCUT2D eigenvalue weighted by Gasteiger charge is 2.30. The van der Waals surface area contributed by atoms with E-state index >= 15 is 0 Å². The quantitative estimate of drug-likeness (QED) is 0.408. The fourth-order valence-corrected chi connectivity index (χ4v) is 4.48. The Morgan fingerprint density at radius 3 is 2.48 bits per heavy atom. The molecule has 0 spiro atoms. The summed E-state index contributed by atoms with van der Waals surface area (Å²) in [6.07, 6.45) is 1.22. The first-order valence-electron chi connectivity index (χ1n) is 13.3. The van der Waals surface area contributed by atoms with Crippen molar-refractivity contribution in [3.63, 3.8) is 0 Å². The number of nitriles is 1. The molecule has 4 rings (SSSR count). The van der Waals surface area contributed by atoms with Crippen molar-refractivity contribution in [3.8, 4) is 17.7 Å². The van der Waals surface area contributed by atoms with Crippen LogP contribution >= 0.6 is 0 Å². The topological polar surface area (TPSA) is 99.0 Å². The molecule has 2 heterocycles. The summed E-state index contributed by atoms with van der Waals surface area (Å²) in [5.41, 5.74) is 2.32. The smallest absolute Gasteiger partial charge is 0.410 e. The van der Waals surface area contributed by atoms with Gasteiger partial charge in [-0.2, -0.15) is 5.26 Å². The molecule has 1 atom stereocenters. The van der Waals surface area contributed by atoms with Gasteiger partial charge in [0.1, 0.15) is 11.4 Å². The summed E-state index contributed by atoms with van der Waals surface area (Å²) >= 11 is 0. The first kappa shape index (κ1) is 28.6. The normalized spacial score (nSPS) is 15.7. The van der Waals surface area contributed by atoms with E-state index in [-0.39, 0.29) is 18.0 Å². The van der Waals surface area contributed by atoms with Crippen LogP contribution in [0.25, 0.3) is 0 Å². The largest absolute Gasteiger partial charge is 0.444 e. The van der Waals surface area contributed by atoms with Gasteiger partial charge in [0.2, 0.25) is 5.88 Å². The Labute approximate surface area is 235 Å². The molecule has 2 aromatic carbocycles. The molecule has 0 saturated carbocycles. The number of ether oxygens (including phenoxy) is 2. The van der Waals surface area contributed by atoms with Gasteiger partial charge in [-0.25, -0.2) is 9.78 Å². The highest BCUT2D eigenvalue weighted by atomic mass is 16.6. The van der Waals surface area contributed by atoms with Crippen molar-refractivity contribution in [2.75, 3.05) is 31.6 Å². The number of rotatable bonds is 6. The van der Waals surface area contributed by atoms with E-state index in [0.29, 0.717) is 29.3 Å². The third-order valence-electron chi connectivity index (χ3n) is 6.54. The summed E-state index contributed by atoms with van der Waals surface area (Å²) in [5.74, 6) is 0.646. The van der Waals surface area contributed by atoms with Gasteiger partial charge in [-0.3, -0.25) is 9.69 Å². The van der Waals surface area contributed by atoms with Gasteiger partial charge in [-0.05, 0) is 69.7 Å². The molecule has 3 aromatic rings. The van der Waals surface area contributed by atoms with Crippen LogP contribution in [0.4, 0.5) is 10.5 Å². The molecule has 0 N–H and O–H groups in total. The lowest BCUT2D eigenvalue weighted by Gasteiger charge is -2.40. The van der Waals surface area contributed by atoms with Crippen LogP contribution in [0.15, 0.2) is 66.9 Å². The standard InChI is InChI=1S/C31H35N5O4/c1-22-20-35(15-16-36(22)30(38)40-31(2,3)4)21-23-9-12-26(13-10-23)34(5)29(37)25-11-14-28(33-19-25)39-27-8-6-7-24(17-27)18-32/h6-14,17,19,22H,15-16,20-21H2,1-5H3/t22-/m0/s1. The van der Waals surface area contributed by atoms with Crippen LogP contribution in [0.5, 0.6) is 11.6 Å². The molecule has 0 aliphatic carbocycles. The minimum atomic E-state index is -0.509. The van der Waals surface area contributed by atoms with Gasteiger partial charge in [0.25, 0.3) is 5.91 Å². The van der Waals surface area contributed by atoms with E-state index in [1.807, 2.05) is 52.0 Å². The van der Waals surface area contributed by atoms with Crippen LogP contribution in [0.2, 0.25) is 0 Å². The van der Waals surface area contributed by atoms with E-state index in [0.717, 1.165) is 30.9 Å². The lowest BCUT2D eigenvalue weighted by molar-refractivity contribution is 0.000550. The number of piperazine rings is 1. The number of carbonyl (C=O) groups excluding carboxylic acids is 2. The molecule has 208 valence electrons.